The third kappa shape index (κ3) is 5.96. The SMILES string of the molecule is CC(C)(C)CC(C)(C)C1(C(F)(F)F)C=C(c2ccccc2)C(O)C(C)(n2c3ccc(C(C)(C)C)cc3c3cc(C(C)(C)C)ccc32)C1. The molecule has 0 amide bonds. The Morgan fingerprint density at radius 3 is 1.60 bits per heavy atom. The zero-order chi connectivity index (χ0) is 35.2. The van der Waals surface area contributed by atoms with Crippen molar-refractivity contribution in [3.05, 3.63) is 89.5 Å². The summed E-state index contributed by atoms with van der Waals surface area (Å²) >= 11 is 0. The van der Waals surface area contributed by atoms with Gasteiger partial charge in [0.25, 0.3) is 0 Å². The van der Waals surface area contributed by atoms with Gasteiger partial charge in [0, 0.05) is 21.8 Å². The van der Waals surface area contributed by atoms with Crippen LogP contribution in [-0.4, -0.2) is 22.0 Å². The number of aliphatic hydroxyl groups is 1. The summed E-state index contributed by atoms with van der Waals surface area (Å²) in [5.41, 5.74) is -0.461. The lowest BCUT2D eigenvalue weighted by Crippen LogP contribution is -2.59. The highest BCUT2D eigenvalue weighted by molar-refractivity contribution is 6.09. The van der Waals surface area contributed by atoms with Gasteiger partial charge in [-0.15, -0.1) is 0 Å². The van der Waals surface area contributed by atoms with Crippen molar-refractivity contribution in [2.45, 2.75) is 125 Å². The van der Waals surface area contributed by atoms with Crippen LogP contribution in [0.3, 0.4) is 0 Å². The predicted octanol–water partition coefficient (Wildman–Crippen LogP) is 12.0. The molecule has 5 heteroatoms. The first-order chi connectivity index (χ1) is 21.3. The lowest BCUT2D eigenvalue weighted by atomic mass is 9.52. The molecule has 2 nitrogen and oxygen atoms in total. The van der Waals surface area contributed by atoms with Crippen LogP contribution in [0.25, 0.3) is 27.4 Å². The number of hydrogen-bond acceptors (Lipinski definition) is 1. The molecule has 0 saturated heterocycles. The van der Waals surface area contributed by atoms with Crippen LogP contribution in [0.5, 0.6) is 0 Å². The topological polar surface area (TPSA) is 25.2 Å². The molecule has 254 valence electrons. The van der Waals surface area contributed by atoms with Crippen molar-refractivity contribution in [1.82, 2.24) is 4.57 Å². The second-order valence-electron chi connectivity index (χ2n) is 18.3. The fourth-order valence-electron chi connectivity index (χ4n) is 8.46. The van der Waals surface area contributed by atoms with Gasteiger partial charge in [0.2, 0.25) is 0 Å². The fourth-order valence-corrected chi connectivity index (χ4v) is 8.46. The van der Waals surface area contributed by atoms with Crippen LogP contribution < -0.4 is 0 Å². The number of aromatic nitrogens is 1. The zero-order valence-electron chi connectivity index (χ0n) is 30.4. The molecule has 1 aliphatic carbocycles. The number of aliphatic hydroxyl groups excluding tert-OH is 1. The summed E-state index contributed by atoms with van der Waals surface area (Å²) < 4.78 is 50.4. The van der Waals surface area contributed by atoms with Crippen LogP contribution in [0.15, 0.2) is 72.8 Å². The van der Waals surface area contributed by atoms with Crippen molar-refractivity contribution < 1.29 is 18.3 Å². The Labute approximate surface area is 280 Å². The number of benzene rings is 3. The summed E-state index contributed by atoms with van der Waals surface area (Å²) in [6.07, 6.45) is -4.34. The summed E-state index contributed by atoms with van der Waals surface area (Å²) in [6, 6.07) is 21.8. The maximum Gasteiger partial charge on any atom is 0.398 e. The minimum atomic E-state index is -4.58. The molecule has 3 unspecified atom stereocenters. The molecule has 0 radical (unpaired) electrons. The third-order valence-corrected chi connectivity index (χ3v) is 10.7. The molecule has 0 spiro atoms. The van der Waals surface area contributed by atoms with Gasteiger partial charge in [-0.3, -0.25) is 0 Å². The number of allylic oxidation sites excluding steroid dienone is 1. The van der Waals surface area contributed by atoms with Crippen LogP contribution in [0.4, 0.5) is 13.2 Å². The van der Waals surface area contributed by atoms with E-state index in [1.165, 1.54) is 6.08 Å². The molecule has 47 heavy (non-hydrogen) atoms. The number of nitrogens with zero attached hydrogens (tertiary/aromatic N) is 1. The van der Waals surface area contributed by atoms with Crippen molar-refractivity contribution in [2.75, 3.05) is 0 Å². The minimum Gasteiger partial charge on any atom is -0.386 e. The first kappa shape index (κ1) is 35.3. The van der Waals surface area contributed by atoms with Crippen molar-refractivity contribution in [3.63, 3.8) is 0 Å². The molecule has 4 aromatic rings. The Balaban J connectivity index is 1.93. The van der Waals surface area contributed by atoms with E-state index in [9.17, 15) is 5.11 Å². The normalized spacial score (nSPS) is 23.4. The zero-order valence-corrected chi connectivity index (χ0v) is 30.4. The van der Waals surface area contributed by atoms with E-state index in [2.05, 4.69) is 77.9 Å². The smallest absolute Gasteiger partial charge is 0.386 e. The van der Waals surface area contributed by atoms with Gasteiger partial charge >= 0.3 is 6.18 Å². The van der Waals surface area contributed by atoms with E-state index in [1.54, 1.807) is 13.8 Å². The van der Waals surface area contributed by atoms with E-state index in [0.29, 0.717) is 17.6 Å². The summed E-state index contributed by atoms with van der Waals surface area (Å²) in [5.74, 6) is 0. The number of halogens is 3. The first-order valence-corrected chi connectivity index (χ1v) is 17.0. The van der Waals surface area contributed by atoms with Crippen LogP contribution in [0.1, 0.15) is 113 Å². The average molecular weight is 646 g/mol. The first-order valence-electron chi connectivity index (χ1n) is 17.0. The molecule has 1 heterocycles. The van der Waals surface area contributed by atoms with E-state index in [4.69, 9.17) is 0 Å². The summed E-state index contributed by atoms with van der Waals surface area (Å²) in [6.45, 7) is 24.4. The lowest BCUT2D eigenvalue weighted by molar-refractivity contribution is -0.258. The minimum absolute atomic E-state index is 0.121. The van der Waals surface area contributed by atoms with Crippen molar-refractivity contribution in [1.29, 1.82) is 0 Å². The highest BCUT2D eigenvalue weighted by Gasteiger charge is 2.67. The number of hydrogen-bond donors (Lipinski definition) is 1. The Morgan fingerprint density at radius 2 is 1.19 bits per heavy atom. The van der Waals surface area contributed by atoms with Gasteiger partial charge in [-0.05, 0) is 88.0 Å². The van der Waals surface area contributed by atoms with Gasteiger partial charge in [-0.1, -0.05) is 125 Å². The van der Waals surface area contributed by atoms with E-state index in [1.807, 2.05) is 62.6 Å². The van der Waals surface area contributed by atoms with Crippen molar-refractivity contribution in [2.24, 2.45) is 16.2 Å². The lowest BCUT2D eigenvalue weighted by Gasteiger charge is -2.56. The summed E-state index contributed by atoms with van der Waals surface area (Å²) in [5, 5.41) is 14.5. The fraction of sp³-hybridized carbons (Fsp3) is 0.524. The molecule has 5 rings (SSSR count). The van der Waals surface area contributed by atoms with E-state index in [-0.39, 0.29) is 22.7 Å². The molecule has 1 N–H and O–H groups in total. The van der Waals surface area contributed by atoms with Gasteiger partial charge < -0.3 is 9.67 Å². The number of rotatable bonds is 4. The predicted molar refractivity (Wildman–Crippen MR) is 192 cm³/mol. The standard InChI is InChI=1S/C42H54F3NO/c1-36(2,3)25-39(10,11)41(42(43,44)45)24-32(27-16-14-13-15-17-27)35(47)40(12,26-41)46-33-20-18-28(37(4,5)6)22-30(33)31-23-29(38(7,8)9)19-21-34(31)46/h13-24,35,47H,25-26H2,1-12H3. The average Bonchev–Trinajstić information content (AvgIpc) is 3.26. The molecule has 1 aliphatic rings. The molecule has 1 aromatic heterocycles. The molecule has 0 aliphatic heterocycles. The molecule has 0 saturated carbocycles. The second-order valence-corrected chi connectivity index (χ2v) is 18.3. The van der Waals surface area contributed by atoms with Crippen molar-refractivity contribution in [3.8, 4) is 0 Å². The van der Waals surface area contributed by atoms with Gasteiger partial charge in [0.1, 0.15) is 6.10 Å². The van der Waals surface area contributed by atoms with Crippen LogP contribution >= 0.6 is 0 Å². The monoisotopic (exact) mass is 645 g/mol. The molecule has 3 aromatic carbocycles. The largest absolute Gasteiger partial charge is 0.398 e. The van der Waals surface area contributed by atoms with Gasteiger partial charge in [-0.25, -0.2) is 0 Å². The Morgan fingerprint density at radius 1 is 0.723 bits per heavy atom. The molecule has 0 fully saturated rings. The Hall–Kier alpha value is -3.05. The van der Waals surface area contributed by atoms with E-state index < -0.39 is 28.6 Å². The van der Waals surface area contributed by atoms with Crippen molar-refractivity contribution >= 4 is 27.4 Å². The van der Waals surface area contributed by atoms with Crippen LogP contribution in [-0.2, 0) is 16.4 Å². The van der Waals surface area contributed by atoms with Gasteiger partial charge in [-0.2, -0.15) is 13.2 Å². The quantitative estimate of drug-likeness (QED) is 0.235. The second kappa shape index (κ2) is 11.0. The van der Waals surface area contributed by atoms with Crippen LogP contribution in [0.2, 0.25) is 0 Å². The van der Waals surface area contributed by atoms with Gasteiger partial charge in [0.15, 0.2) is 0 Å². The summed E-state index contributed by atoms with van der Waals surface area (Å²) in [4.78, 5) is 0. The number of alkyl halides is 3. The van der Waals surface area contributed by atoms with Crippen LogP contribution in [0, 0.1) is 16.2 Å². The molecular formula is C42H54F3NO. The third-order valence-electron chi connectivity index (χ3n) is 10.7. The van der Waals surface area contributed by atoms with Gasteiger partial charge in [0.05, 0.1) is 11.0 Å². The highest BCUT2D eigenvalue weighted by atomic mass is 19.4. The van der Waals surface area contributed by atoms with E-state index >= 15 is 13.2 Å². The number of fused-ring (bicyclic) bond motifs is 3. The molecule has 0 bridgehead atoms. The maximum absolute atomic E-state index is 16.1. The molecular weight excluding hydrogens is 591 g/mol. The van der Waals surface area contributed by atoms with E-state index in [0.717, 1.165) is 32.9 Å². The summed E-state index contributed by atoms with van der Waals surface area (Å²) in [7, 11) is 0. The Bertz CT molecular complexity index is 1750. The maximum atomic E-state index is 16.1. The highest BCUT2D eigenvalue weighted by Crippen LogP contribution is 2.65. The molecule has 3 atom stereocenters. The Kier molecular flexibility index (Phi) is 8.24.